The lowest BCUT2D eigenvalue weighted by Crippen LogP contribution is -2.39. The van der Waals surface area contributed by atoms with Crippen LogP contribution in [0, 0.1) is 6.92 Å². The van der Waals surface area contributed by atoms with Crippen LogP contribution in [0.5, 0.6) is 5.75 Å². The molecule has 4 nitrogen and oxygen atoms in total. The number of anilines is 1. The molecule has 21 heavy (non-hydrogen) atoms. The Bertz CT molecular complexity index is 442. The van der Waals surface area contributed by atoms with Gasteiger partial charge in [-0.2, -0.15) is 0 Å². The molecule has 1 heterocycles. The van der Waals surface area contributed by atoms with Crippen molar-refractivity contribution in [2.45, 2.75) is 45.3 Å². The highest BCUT2D eigenvalue weighted by Crippen LogP contribution is 2.27. The number of methoxy groups -OCH3 is 1. The van der Waals surface area contributed by atoms with Crippen LogP contribution >= 0.6 is 0 Å². The van der Waals surface area contributed by atoms with E-state index in [0.29, 0.717) is 6.04 Å². The van der Waals surface area contributed by atoms with Gasteiger partial charge in [0.05, 0.1) is 6.10 Å². The third kappa shape index (κ3) is 4.61. The summed E-state index contributed by atoms with van der Waals surface area (Å²) in [6.45, 7) is 7.05. The SMILES string of the molecule is COCCC(C)Oc1ccc(N2CCC(N)CC2)c(C)c1. The minimum Gasteiger partial charge on any atom is -0.491 e. The summed E-state index contributed by atoms with van der Waals surface area (Å²) < 4.78 is 11.0. The zero-order valence-electron chi connectivity index (χ0n) is 13.5. The van der Waals surface area contributed by atoms with E-state index in [4.69, 9.17) is 15.2 Å². The number of hydrogen-bond donors (Lipinski definition) is 1. The highest BCUT2D eigenvalue weighted by molar-refractivity contribution is 5.56. The molecule has 1 aromatic carbocycles. The number of nitrogens with two attached hydrogens (primary N) is 1. The van der Waals surface area contributed by atoms with Gasteiger partial charge >= 0.3 is 0 Å². The molecule has 0 radical (unpaired) electrons. The molecule has 1 aromatic rings. The van der Waals surface area contributed by atoms with E-state index < -0.39 is 0 Å². The van der Waals surface area contributed by atoms with Gasteiger partial charge in [-0.3, -0.25) is 0 Å². The second kappa shape index (κ2) is 7.66. The molecule has 0 amide bonds. The van der Waals surface area contributed by atoms with Crippen molar-refractivity contribution in [2.75, 3.05) is 31.7 Å². The second-order valence-electron chi connectivity index (χ2n) is 5.98. The van der Waals surface area contributed by atoms with Gasteiger partial charge in [-0.25, -0.2) is 0 Å². The maximum atomic E-state index is 5.98. The van der Waals surface area contributed by atoms with Crippen molar-refractivity contribution in [1.29, 1.82) is 0 Å². The number of rotatable bonds is 6. The Kier molecular flexibility index (Phi) is 5.88. The van der Waals surface area contributed by atoms with E-state index in [1.165, 1.54) is 11.3 Å². The van der Waals surface area contributed by atoms with Gasteiger partial charge < -0.3 is 20.1 Å². The minimum atomic E-state index is 0.170. The highest BCUT2D eigenvalue weighted by atomic mass is 16.5. The quantitative estimate of drug-likeness (QED) is 0.876. The molecule has 4 heteroatoms. The molecule has 1 aliphatic rings. The monoisotopic (exact) mass is 292 g/mol. The molecule has 0 spiro atoms. The molecule has 1 unspecified atom stereocenters. The molecule has 1 aliphatic heterocycles. The standard InChI is InChI=1S/C17H28N2O2/c1-13-12-16(21-14(2)8-11-20-3)4-5-17(13)19-9-6-15(18)7-10-19/h4-5,12,14-15H,6-11,18H2,1-3H3. The van der Waals surface area contributed by atoms with E-state index >= 15 is 0 Å². The molecule has 1 fully saturated rings. The number of benzene rings is 1. The average molecular weight is 292 g/mol. The van der Waals surface area contributed by atoms with Crippen LogP contribution in [0.25, 0.3) is 0 Å². The first-order valence-electron chi connectivity index (χ1n) is 7.87. The Morgan fingerprint density at radius 2 is 2.05 bits per heavy atom. The summed E-state index contributed by atoms with van der Waals surface area (Å²) in [7, 11) is 1.72. The first kappa shape index (κ1) is 16.1. The van der Waals surface area contributed by atoms with Crippen LogP contribution < -0.4 is 15.4 Å². The summed E-state index contributed by atoms with van der Waals surface area (Å²) >= 11 is 0. The van der Waals surface area contributed by atoms with Crippen molar-refractivity contribution in [3.05, 3.63) is 23.8 Å². The zero-order valence-corrected chi connectivity index (χ0v) is 13.5. The van der Waals surface area contributed by atoms with Crippen LogP contribution in [0.3, 0.4) is 0 Å². The number of ether oxygens (including phenoxy) is 2. The summed E-state index contributed by atoms with van der Waals surface area (Å²) in [6, 6.07) is 6.74. The summed E-state index contributed by atoms with van der Waals surface area (Å²) in [5, 5.41) is 0. The van der Waals surface area contributed by atoms with Crippen molar-refractivity contribution in [1.82, 2.24) is 0 Å². The van der Waals surface area contributed by atoms with Crippen molar-refractivity contribution in [3.63, 3.8) is 0 Å². The first-order valence-corrected chi connectivity index (χ1v) is 7.87. The summed E-state index contributed by atoms with van der Waals surface area (Å²) in [4.78, 5) is 2.43. The predicted octanol–water partition coefficient (Wildman–Crippen LogP) is 2.73. The molecular formula is C17H28N2O2. The fraction of sp³-hybridized carbons (Fsp3) is 0.647. The summed E-state index contributed by atoms with van der Waals surface area (Å²) in [5.41, 5.74) is 8.55. The molecule has 1 saturated heterocycles. The Morgan fingerprint density at radius 1 is 1.33 bits per heavy atom. The molecule has 2 rings (SSSR count). The number of piperidine rings is 1. The van der Waals surface area contributed by atoms with Gasteiger partial charge in [0, 0.05) is 45.0 Å². The van der Waals surface area contributed by atoms with Gasteiger partial charge in [0.25, 0.3) is 0 Å². The molecule has 0 saturated carbocycles. The third-order valence-corrected chi connectivity index (χ3v) is 4.11. The van der Waals surface area contributed by atoms with Gasteiger partial charge in [0.2, 0.25) is 0 Å². The van der Waals surface area contributed by atoms with E-state index in [1.807, 2.05) is 0 Å². The third-order valence-electron chi connectivity index (χ3n) is 4.11. The fourth-order valence-corrected chi connectivity index (χ4v) is 2.77. The average Bonchev–Trinajstić information content (AvgIpc) is 2.46. The lowest BCUT2D eigenvalue weighted by Gasteiger charge is -2.33. The van der Waals surface area contributed by atoms with Crippen LogP contribution in [0.15, 0.2) is 18.2 Å². The topological polar surface area (TPSA) is 47.7 Å². The highest BCUT2D eigenvalue weighted by Gasteiger charge is 2.18. The largest absolute Gasteiger partial charge is 0.491 e. The Labute approximate surface area is 128 Å². The second-order valence-corrected chi connectivity index (χ2v) is 5.98. The molecule has 2 N–H and O–H groups in total. The number of nitrogens with zero attached hydrogens (tertiary/aromatic N) is 1. The Hall–Kier alpha value is -1.26. The Balaban J connectivity index is 1.97. The molecular weight excluding hydrogens is 264 g/mol. The van der Waals surface area contributed by atoms with E-state index in [-0.39, 0.29) is 6.10 Å². The van der Waals surface area contributed by atoms with Crippen LogP contribution in [0.4, 0.5) is 5.69 Å². The lowest BCUT2D eigenvalue weighted by atomic mass is 10.0. The van der Waals surface area contributed by atoms with Crippen LogP contribution in [0.1, 0.15) is 31.7 Å². The molecule has 0 aromatic heterocycles. The maximum absolute atomic E-state index is 5.98. The van der Waals surface area contributed by atoms with Crippen molar-refractivity contribution >= 4 is 5.69 Å². The van der Waals surface area contributed by atoms with Crippen molar-refractivity contribution < 1.29 is 9.47 Å². The summed E-state index contributed by atoms with van der Waals surface area (Å²) in [6.07, 6.45) is 3.22. The smallest absolute Gasteiger partial charge is 0.120 e. The lowest BCUT2D eigenvalue weighted by molar-refractivity contribution is 0.135. The number of aryl methyl sites for hydroxylation is 1. The zero-order chi connectivity index (χ0) is 15.2. The minimum absolute atomic E-state index is 0.170. The van der Waals surface area contributed by atoms with Crippen LogP contribution in [0.2, 0.25) is 0 Å². The molecule has 1 atom stereocenters. The number of hydrogen-bond acceptors (Lipinski definition) is 4. The predicted molar refractivity (Wildman–Crippen MR) is 87.2 cm³/mol. The van der Waals surface area contributed by atoms with Crippen molar-refractivity contribution in [2.24, 2.45) is 5.73 Å². The Morgan fingerprint density at radius 3 is 2.67 bits per heavy atom. The van der Waals surface area contributed by atoms with Gasteiger partial charge in [0.1, 0.15) is 5.75 Å². The maximum Gasteiger partial charge on any atom is 0.120 e. The first-order chi connectivity index (χ1) is 10.1. The van der Waals surface area contributed by atoms with E-state index in [0.717, 1.165) is 44.7 Å². The van der Waals surface area contributed by atoms with Crippen LogP contribution in [-0.4, -0.2) is 39.0 Å². The van der Waals surface area contributed by atoms with Gasteiger partial charge in [0.15, 0.2) is 0 Å². The molecule has 0 aliphatic carbocycles. The van der Waals surface area contributed by atoms with Crippen LogP contribution in [-0.2, 0) is 4.74 Å². The fourth-order valence-electron chi connectivity index (χ4n) is 2.77. The summed E-state index contributed by atoms with van der Waals surface area (Å²) in [5.74, 6) is 0.938. The van der Waals surface area contributed by atoms with Crippen molar-refractivity contribution in [3.8, 4) is 5.75 Å². The normalized spacial score (nSPS) is 17.8. The molecule has 0 bridgehead atoms. The van der Waals surface area contributed by atoms with Gasteiger partial charge in [-0.05, 0) is 50.5 Å². The molecule has 118 valence electrons. The van der Waals surface area contributed by atoms with E-state index in [2.05, 4.69) is 36.9 Å². The van der Waals surface area contributed by atoms with E-state index in [1.54, 1.807) is 7.11 Å². The van der Waals surface area contributed by atoms with Gasteiger partial charge in [-0.1, -0.05) is 0 Å². The van der Waals surface area contributed by atoms with E-state index in [9.17, 15) is 0 Å². The van der Waals surface area contributed by atoms with Gasteiger partial charge in [-0.15, -0.1) is 0 Å².